The minimum Gasteiger partial charge on any atom is -0.381 e. The van der Waals surface area contributed by atoms with Gasteiger partial charge in [-0.05, 0) is 45.8 Å². The summed E-state index contributed by atoms with van der Waals surface area (Å²) in [6, 6.07) is 0.762. The number of hydrogen-bond acceptors (Lipinski definition) is 3. The summed E-state index contributed by atoms with van der Waals surface area (Å²) in [5.74, 6) is 0. The van der Waals surface area contributed by atoms with Crippen LogP contribution in [-0.4, -0.2) is 44.3 Å². The third-order valence-corrected chi connectivity index (χ3v) is 3.53. The van der Waals surface area contributed by atoms with Crippen LogP contribution >= 0.6 is 0 Å². The van der Waals surface area contributed by atoms with Crippen molar-refractivity contribution in [2.75, 3.05) is 33.4 Å². The van der Waals surface area contributed by atoms with E-state index in [1.54, 1.807) is 0 Å². The summed E-state index contributed by atoms with van der Waals surface area (Å²) in [5, 5.41) is 0. The number of hydrogen-bond donors (Lipinski definition) is 1. The molecule has 0 aromatic carbocycles. The minimum atomic E-state index is 0.762. The highest BCUT2D eigenvalue weighted by Gasteiger charge is 2.17. The van der Waals surface area contributed by atoms with Crippen molar-refractivity contribution in [1.29, 1.82) is 0 Å². The van der Waals surface area contributed by atoms with Crippen LogP contribution in [0, 0.1) is 0 Å². The topological polar surface area (TPSA) is 38.5 Å². The Balaban J connectivity index is 1.94. The summed E-state index contributed by atoms with van der Waals surface area (Å²) in [5.41, 5.74) is 5.47. The summed E-state index contributed by atoms with van der Waals surface area (Å²) >= 11 is 0. The third-order valence-electron chi connectivity index (χ3n) is 3.53. The maximum Gasteiger partial charge on any atom is 0.0480 e. The van der Waals surface area contributed by atoms with Crippen LogP contribution in [0.5, 0.6) is 0 Å². The monoisotopic (exact) mass is 228 g/mol. The second-order valence-electron chi connectivity index (χ2n) is 4.88. The normalized spacial score (nSPS) is 18.2. The second kappa shape index (κ2) is 8.97. The van der Waals surface area contributed by atoms with Crippen LogP contribution in [0.1, 0.15) is 44.9 Å². The fourth-order valence-electron chi connectivity index (χ4n) is 2.34. The predicted octanol–water partition coefficient (Wildman–Crippen LogP) is 2.01. The van der Waals surface area contributed by atoms with Gasteiger partial charge in [0.1, 0.15) is 0 Å². The first-order chi connectivity index (χ1) is 7.84. The molecular weight excluding hydrogens is 200 g/mol. The molecule has 3 nitrogen and oxygen atoms in total. The Kier molecular flexibility index (Phi) is 7.81. The first-order valence-electron chi connectivity index (χ1n) is 6.82. The van der Waals surface area contributed by atoms with Crippen molar-refractivity contribution in [3.8, 4) is 0 Å². The molecule has 1 aliphatic heterocycles. The molecule has 0 amide bonds. The molecule has 1 fully saturated rings. The average Bonchev–Trinajstić information content (AvgIpc) is 2.34. The van der Waals surface area contributed by atoms with E-state index in [1.807, 2.05) is 0 Å². The molecule has 3 heteroatoms. The molecule has 0 unspecified atom stereocenters. The molecule has 0 spiro atoms. The third kappa shape index (κ3) is 5.83. The van der Waals surface area contributed by atoms with Crippen molar-refractivity contribution in [2.24, 2.45) is 5.73 Å². The molecule has 0 aromatic rings. The molecule has 96 valence electrons. The molecule has 0 aromatic heterocycles. The SMILES string of the molecule is CN(CCCCCCCN)C1CCOCC1. The average molecular weight is 228 g/mol. The molecule has 0 saturated carbocycles. The largest absolute Gasteiger partial charge is 0.381 e. The van der Waals surface area contributed by atoms with E-state index in [2.05, 4.69) is 11.9 Å². The van der Waals surface area contributed by atoms with Crippen molar-refractivity contribution in [3.63, 3.8) is 0 Å². The molecule has 0 bridgehead atoms. The standard InChI is InChI=1S/C13H28N2O/c1-15(13-7-11-16-12-8-13)10-6-4-2-3-5-9-14/h13H,2-12,14H2,1H3. The lowest BCUT2D eigenvalue weighted by Crippen LogP contribution is -2.37. The Labute approximate surface area is 100 Å². The highest BCUT2D eigenvalue weighted by Crippen LogP contribution is 2.13. The highest BCUT2D eigenvalue weighted by molar-refractivity contribution is 4.71. The van der Waals surface area contributed by atoms with Gasteiger partial charge in [0.25, 0.3) is 0 Å². The molecule has 2 N–H and O–H groups in total. The Morgan fingerprint density at radius 3 is 2.38 bits per heavy atom. The van der Waals surface area contributed by atoms with E-state index in [1.165, 1.54) is 51.5 Å². The summed E-state index contributed by atoms with van der Waals surface area (Å²) in [6.45, 7) is 3.99. The Bertz CT molecular complexity index is 158. The van der Waals surface area contributed by atoms with Crippen LogP contribution in [0.3, 0.4) is 0 Å². The first-order valence-corrected chi connectivity index (χ1v) is 6.82. The smallest absolute Gasteiger partial charge is 0.0480 e. The molecular formula is C13H28N2O. The van der Waals surface area contributed by atoms with Crippen molar-refractivity contribution in [2.45, 2.75) is 51.0 Å². The molecule has 0 aliphatic carbocycles. The van der Waals surface area contributed by atoms with Crippen molar-refractivity contribution >= 4 is 0 Å². The van der Waals surface area contributed by atoms with E-state index < -0.39 is 0 Å². The van der Waals surface area contributed by atoms with E-state index in [0.29, 0.717) is 0 Å². The molecule has 1 saturated heterocycles. The van der Waals surface area contributed by atoms with Crippen LogP contribution in [0.2, 0.25) is 0 Å². The van der Waals surface area contributed by atoms with E-state index in [4.69, 9.17) is 10.5 Å². The fourth-order valence-corrected chi connectivity index (χ4v) is 2.34. The van der Waals surface area contributed by atoms with Crippen LogP contribution in [-0.2, 0) is 4.74 Å². The van der Waals surface area contributed by atoms with Crippen LogP contribution in [0.15, 0.2) is 0 Å². The van der Waals surface area contributed by atoms with Gasteiger partial charge in [0.2, 0.25) is 0 Å². The van der Waals surface area contributed by atoms with E-state index >= 15 is 0 Å². The predicted molar refractivity (Wildman–Crippen MR) is 68.6 cm³/mol. The Morgan fingerprint density at radius 2 is 1.69 bits per heavy atom. The molecule has 0 radical (unpaired) electrons. The first kappa shape index (κ1) is 13.9. The van der Waals surface area contributed by atoms with Crippen molar-refractivity contribution < 1.29 is 4.74 Å². The Hall–Kier alpha value is -0.120. The summed E-state index contributed by atoms with van der Waals surface area (Å²) in [7, 11) is 2.26. The summed E-state index contributed by atoms with van der Waals surface area (Å²) in [6.07, 6.45) is 8.95. The molecule has 0 atom stereocenters. The van der Waals surface area contributed by atoms with Gasteiger partial charge in [-0.1, -0.05) is 19.3 Å². The Morgan fingerprint density at radius 1 is 1.06 bits per heavy atom. The molecule has 1 rings (SSSR count). The summed E-state index contributed by atoms with van der Waals surface area (Å²) < 4.78 is 5.38. The fraction of sp³-hybridized carbons (Fsp3) is 1.00. The van der Waals surface area contributed by atoms with Crippen molar-refractivity contribution in [3.05, 3.63) is 0 Å². The van der Waals surface area contributed by atoms with E-state index in [-0.39, 0.29) is 0 Å². The van der Waals surface area contributed by atoms with Gasteiger partial charge < -0.3 is 15.4 Å². The van der Waals surface area contributed by atoms with Crippen LogP contribution in [0.4, 0.5) is 0 Å². The maximum atomic E-state index is 5.47. The zero-order valence-electron chi connectivity index (χ0n) is 10.8. The maximum absolute atomic E-state index is 5.47. The lowest BCUT2D eigenvalue weighted by Gasteiger charge is -2.31. The van der Waals surface area contributed by atoms with Crippen LogP contribution in [0.25, 0.3) is 0 Å². The number of unbranched alkanes of at least 4 members (excludes halogenated alkanes) is 4. The van der Waals surface area contributed by atoms with Gasteiger partial charge in [-0.25, -0.2) is 0 Å². The van der Waals surface area contributed by atoms with Gasteiger partial charge in [0.05, 0.1) is 0 Å². The molecule has 16 heavy (non-hydrogen) atoms. The lowest BCUT2D eigenvalue weighted by molar-refractivity contribution is 0.0426. The second-order valence-corrected chi connectivity index (χ2v) is 4.88. The number of rotatable bonds is 8. The summed E-state index contributed by atoms with van der Waals surface area (Å²) in [4.78, 5) is 2.52. The van der Waals surface area contributed by atoms with Crippen molar-refractivity contribution in [1.82, 2.24) is 4.90 Å². The zero-order valence-corrected chi connectivity index (χ0v) is 10.8. The number of nitrogens with zero attached hydrogens (tertiary/aromatic N) is 1. The number of nitrogens with two attached hydrogens (primary N) is 1. The van der Waals surface area contributed by atoms with Gasteiger partial charge in [-0.15, -0.1) is 0 Å². The van der Waals surface area contributed by atoms with Gasteiger partial charge in [-0.3, -0.25) is 0 Å². The quantitative estimate of drug-likeness (QED) is 0.646. The van der Waals surface area contributed by atoms with E-state index in [0.717, 1.165) is 25.8 Å². The van der Waals surface area contributed by atoms with Gasteiger partial charge in [0, 0.05) is 19.3 Å². The van der Waals surface area contributed by atoms with Gasteiger partial charge >= 0.3 is 0 Å². The van der Waals surface area contributed by atoms with Crippen LogP contribution < -0.4 is 5.73 Å². The molecule has 1 aliphatic rings. The van der Waals surface area contributed by atoms with Gasteiger partial charge in [-0.2, -0.15) is 0 Å². The number of ether oxygens (including phenoxy) is 1. The minimum absolute atomic E-state index is 0.762. The zero-order chi connectivity index (χ0) is 11.6. The highest BCUT2D eigenvalue weighted by atomic mass is 16.5. The molecule has 1 heterocycles. The van der Waals surface area contributed by atoms with Gasteiger partial charge in [0.15, 0.2) is 0 Å². The lowest BCUT2D eigenvalue weighted by atomic mass is 10.1. The van der Waals surface area contributed by atoms with E-state index in [9.17, 15) is 0 Å².